The summed E-state index contributed by atoms with van der Waals surface area (Å²) in [5.41, 5.74) is 6.52. The van der Waals surface area contributed by atoms with Crippen molar-refractivity contribution in [1.82, 2.24) is 9.29 Å². The van der Waals surface area contributed by atoms with Gasteiger partial charge >= 0.3 is 0 Å². The van der Waals surface area contributed by atoms with Gasteiger partial charge in [0.1, 0.15) is 0 Å². The monoisotopic (exact) mass is 303 g/mol. The summed E-state index contributed by atoms with van der Waals surface area (Å²) in [6.45, 7) is 6.64. The molecular weight excluding hydrogens is 282 g/mol. The van der Waals surface area contributed by atoms with E-state index in [0.29, 0.717) is 23.0 Å². The number of hydrogen-bond donors (Lipinski definition) is 1. The van der Waals surface area contributed by atoms with Crippen LogP contribution in [0.5, 0.6) is 0 Å². The van der Waals surface area contributed by atoms with Crippen molar-refractivity contribution in [3.8, 4) is 0 Å². The maximum absolute atomic E-state index is 12.6. The van der Waals surface area contributed by atoms with Gasteiger partial charge in [0.15, 0.2) is 4.21 Å². The summed E-state index contributed by atoms with van der Waals surface area (Å²) in [5, 5.41) is 0.789. The molecule has 1 aliphatic rings. The van der Waals surface area contributed by atoms with Gasteiger partial charge < -0.3 is 5.73 Å². The summed E-state index contributed by atoms with van der Waals surface area (Å²) in [7, 11) is -3.40. The summed E-state index contributed by atoms with van der Waals surface area (Å²) < 4.78 is 27.2. The van der Waals surface area contributed by atoms with Gasteiger partial charge in [0.2, 0.25) is 0 Å². The molecule has 0 bridgehead atoms. The third-order valence-electron chi connectivity index (χ3n) is 3.60. The molecule has 0 radical (unpaired) electrons. The first-order valence-corrected chi connectivity index (χ1v) is 8.78. The van der Waals surface area contributed by atoms with Crippen LogP contribution < -0.4 is 5.73 Å². The Morgan fingerprint density at radius 1 is 1.47 bits per heavy atom. The highest BCUT2D eigenvalue weighted by Crippen LogP contribution is 2.30. The normalized spacial score (nSPS) is 23.5. The molecule has 2 N–H and O–H groups in total. The minimum Gasteiger partial charge on any atom is -0.328 e. The Morgan fingerprint density at radius 2 is 2.16 bits per heavy atom. The van der Waals surface area contributed by atoms with E-state index in [1.165, 1.54) is 11.3 Å². The molecule has 0 aliphatic carbocycles. The van der Waals surface area contributed by atoms with E-state index >= 15 is 0 Å². The molecule has 1 aliphatic heterocycles. The van der Waals surface area contributed by atoms with Crippen LogP contribution in [0.15, 0.2) is 4.21 Å². The van der Waals surface area contributed by atoms with Crippen molar-refractivity contribution in [2.75, 3.05) is 13.1 Å². The lowest BCUT2D eigenvalue weighted by molar-refractivity contribution is 0.243. The second-order valence-corrected chi connectivity index (χ2v) is 8.57. The Labute approximate surface area is 118 Å². The molecule has 1 saturated heterocycles. The predicted octanol–water partition coefficient (Wildman–Crippen LogP) is 1.51. The number of aromatic nitrogens is 1. The Hall–Kier alpha value is -0.500. The highest BCUT2D eigenvalue weighted by atomic mass is 32.2. The number of nitrogens with zero attached hydrogens (tertiary/aromatic N) is 2. The fourth-order valence-electron chi connectivity index (χ4n) is 2.49. The van der Waals surface area contributed by atoms with Crippen molar-refractivity contribution in [2.45, 2.75) is 43.9 Å². The van der Waals surface area contributed by atoms with Gasteiger partial charge in [-0.25, -0.2) is 13.4 Å². The van der Waals surface area contributed by atoms with Crippen molar-refractivity contribution >= 4 is 21.4 Å². The molecule has 0 saturated carbocycles. The van der Waals surface area contributed by atoms with Gasteiger partial charge in [-0.15, -0.1) is 11.3 Å². The van der Waals surface area contributed by atoms with Gasteiger partial charge in [-0.3, -0.25) is 0 Å². The summed E-state index contributed by atoms with van der Waals surface area (Å²) in [6.07, 6.45) is 1.88. The zero-order chi connectivity index (χ0) is 14.2. The van der Waals surface area contributed by atoms with E-state index in [1.54, 1.807) is 11.2 Å². The fourth-order valence-corrected chi connectivity index (χ4v) is 5.64. The molecule has 0 amide bonds. The van der Waals surface area contributed by atoms with Crippen molar-refractivity contribution in [3.63, 3.8) is 0 Å². The quantitative estimate of drug-likeness (QED) is 0.918. The molecule has 2 rings (SSSR count). The Morgan fingerprint density at radius 3 is 2.68 bits per heavy atom. The van der Waals surface area contributed by atoms with Crippen LogP contribution in [0.4, 0.5) is 0 Å². The van der Waals surface area contributed by atoms with Crippen molar-refractivity contribution in [2.24, 2.45) is 11.7 Å². The zero-order valence-corrected chi connectivity index (χ0v) is 13.2. The number of rotatable bonds is 3. The van der Waals surface area contributed by atoms with Crippen molar-refractivity contribution in [3.05, 3.63) is 10.7 Å². The van der Waals surface area contributed by atoms with Crippen LogP contribution >= 0.6 is 11.3 Å². The van der Waals surface area contributed by atoms with Crippen LogP contribution in [-0.2, 0) is 10.0 Å². The highest BCUT2D eigenvalue weighted by molar-refractivity contribution is 7.91. The smallest absolute Gasteiger partial charge is 0.254 e. The third-order valence-corrected chi connectivity index (χ3v) is 7.12. The lowest BCUT2D eigenvalue weighted by Gasteiger charge is -2.33. The number of piperidine rings is 1. The molecule has 1 aromatic rings. The topological polar surface area (TPSA) is 76.3 Å². The van der Waals surface area contributed by atoms with Gasteiger partial charge in [0.25, 0.3) is 10.0 Å². The van der Waals surface area contributed by atoms with Crippen LogP contribution in [0, 0.1) is 19.8 Å². The largest absolute Gasteiger partial charge is 0.328 e. The van der Waals surface area contributed by atoms with E-state index < -0.39 is 10.0 Å². The SMILES string of the molecule is Cc1nc(C)c(S(=O)(=O)N2CCC[C@H]([C@@H](C)N)C2)s1. The summed E-state index contributed by atoms with van der Waals surface area (Å²) >= 11 is 1.25. The van der Waals surface area contributed by atoms with Crippen LogP contribution in [0.1, 0.15) is 30.5 Å². The molecule has 1 fully saturated rings. The number of hydrogen-bond acceptors (Lipinski definition) is 5. The Kier molecular flexibility index (Phi) is 4.29. The number of sulfonamides is 1. The first-order valence-electron chi connectivity index (χ1n) is 6.52. The first kappa shape index (κ1) is 14.9. The summed E-state index contributed by atoms with van der Waals surface area (Å²) in [4.78, 5) is 4.21. The fraction of sp³-hybridized carbons (Fsp3) is 0.750. The van der Waals surface area contributed by atoms with Crippen LogP contribution in [0.3, 0.4) is 0 Å². The molecule has 1 aromatic heterocycles. The van der Waals surface area contributed by atoms with Crippen LogP contribution in [-0.4, -0.2) is 36.8 Å². The molecule has 0 spiro atoms. The predicted molar refractivity (Wildman–Crippen MR) is 76.7 cm³/mol. The molecule has 2 heterocycles. The Balaban J connectivity index is 2.27. The minimum absolute atomic E-state index is 0.0299. The average molecular weight is 303 g/mol. The van der Waals surface area contributed by atoms with Gasteiger partial charge in [-0.05, 0) is 39.5 Å². The second-order valence-electron chi connectivity index (χ2n) is 5.23. The van der Waals surface area contributed by atoms with Crippen molar-refractivity contribution in [1.29, 1.82) is 0 Å². The molecule has 5 nitrogen and oxygen atoms in total. The summed E-state index contributed by atoms with van der Waals surface area (Å²) in [6, 6.07) is 0.0299. The maximum atomic E-state index is 12.6. The molecule has 0 unspecified atom stereocenters. The third kappa shape index (κ3) is 2.99. The van der Waals surface area contributed by atoms with E-state index in [-0.39, 0.29) is 12.0 Å². The maximum Gasteiger partial charge on any atom is 0.254 e. The Bertz CT molecular complexity index is 551. The van der Waals surface area contributed by atoms with Crippen LogP contribution in [0.25, 0.3) is 0 Å². The average Bonchev–Trinajstić information content (AvgIpc) is 2.69. The van der Waals surface area contributed by atoms with Gasteiger partial charge in [0.05, 0.1) is 10.7 Å². The molecule has 19 heavy (non-hydrogen) atoms. The second kappa shape index (κ2) is 5.47. The molecule has 2 atom stereocenters. The van der Waals surface area contributed by atoms with Gasteiger partial charge in [-0.1, -0.05) is 0 Å². The number of aryl methyl sites for hydroxylation is 2. The number of nitrogens with two attached hydrogens (primary N) is 1. The standard InChI is InChI=1S/C12H21N3O2S2/c1-8(13)11-5-4-6-15(7-11)19(16,17)12-9(2)14-10(3)18-12/h8,11H,4-7,13H2,1-3H3/t8-,11+/m1/s1. The molecule has 0 aromatic carbocycles. The number of thiazole rings is 1. The molecule has 108 valence electrons. The summed E-state index contributed by atoms with van der Waals surface area (Å²) in [5.74, 6) is 0.248. The van der Waals surface area contributed by atoms with Crippen LogP contribution in [0.2, 0.25) is 0 Å². The highest BCUT2D eigenvalue weighted by Gasteiger charge is 2.33. The molecule has 7 heteroatoms. The van der Waals surface area contributed by atoms with Gasteiger partial charge in [-0.2, -0.15) is 4.31 Å². The van der Waals surface area contributed by atoms with E-state index in [2.05, 4.69) is 4.98 Å². The van der Waals surface area contributed by atoms with Gasteiger partial charge in [0, 0.05) is 19.1 Å². The van der Waals surface area contributed by atoms with Crippen molar-refractivity contribution < 1.29 is 8.42 Å². The van der Waals surface area contributed by atoms with E-state index in [4.69, 9.17) is 5.73 Å². The lowest BCUT2D eigenvalue weighted by atomic mass is 9.93. The van der Waals surface area contributed by atoms with E-state index in [9.17, 15) is 8.42 Å². The van der Waals surface area contributed by atoms with E-state index in [1.807, 2.05) is 13.8 Å². The minimum atomic E-state index is -3.40. The lowest BCUT2D eigenvalue weighted by Crippen LogP contribution is -2.44. The zero-order valence-electron chi connectivity index (χ0n) is 11.6. The molecular formula is C12H21N3O2S2. The van der Waals surface area contributed by atoms with E-state index in [0.717, 1.165) is 17.8 Å². The first-order chi connectivity index (χ1) is 8.82.